The number of likely N-dealkylation sites (N-methyl/N-ethyl adjacent to an activating group) is 1. The zero-order valence-electron chi connectivity index (χ0n) is 17.2. The van der Waals surface area contributed by atoms with Crippen LogP contribution in [0.1, 0.15) is 33.9 Å². The number of thiophene rings is 1. The summed E-state index contributed by atoms with van der Waals surface area (Å²) in [6, 6.07) is 15.3. The van der Waals surface area contributed by atoms with E-state index in [0.717, 1.165) is 23.6 Å². The zero-order chi connectivity index (χ0) is 21.1. The van der Waals surface area contributed by atoms with E-state index in [2.05, 4.69) is 10.6 Å². The molecule has 3 aromatic rings. The smallest absolute Gasteiger partial charge is 0.264 e. The van der Waals surface area contributed by atoms with Gasteiger partial charge in [0.15, 0.2) is 0 Å². The second-order valence-corrected chi connectivity index (χ2v) is 8.14. The van der Waals surface area contributed by atoms with Gasteiger partial charge in [-0.1, -0.05) is 18.2 Å². The van der Waals surface area contributed by atoms with E-state index in [9.17, 15) is 9.59 Å². The van der Waals surface area contributed by atoms with Crippen molar-refractivity contribution < 1.29 is 14.3 Å². The molecule has 4 rings (SSSR count). The predicted octanol–water partition coefficient (Wildman–Crippen LogP) is 3.65. The van der Waals surface area contributed by atoms with E-state index in [4.69, 9.17) is 4.74 Å². The lowest BCUT2D eigenvalue weighted by atomic mass is 9.99. The van der Waals surface area contributed by atoms with E-state index >= 15 is 0 Å². The minimum Gasteiger partial charge on any atom is -0.497 e. The summed E-state index contributed by atoms with van der Waals surface area (Å²) >= 11 is 1.40. The molecular formula is C23H25N3O3S. The van der Waals surface area contributed by atoms with Gasteiger partial charge in [-0.25, -0.2) is 0 Å². The summed E-state index contributed by atoms with van der Waals surface area (Å²) in [5.74, 6) is 0.604. The van der Waals surface area contributed by atoms with Gasteiger partial charge in [-0.2, -0.15) is 0 Å². The molecule has 1 aliphatic heterocycles. The molecule has 30 heavy (non-hydrogen) atoms. The van der Waals surface area contributed by atoms with Gasteiger partial charge in [0.05, 0.1) is 18.0 Å². The third kappa shape index (κ3) is 3.85. The number of methoxy groups -OCH3 is 1. The van der Waals surface area contributed by atoms with Crippen molar-refractivity contribution in [1.82, 2.24) is 14.4 Å². The Balaban J connectivity index is 1.62. The van der Waals surface area contributed by atoms with Crippen molar-refractivity contribution in [2.75, 3.05) is 26.7 Å². The number of rotatable bonds is 6. The molecule has 156 valence electrons. The Morgan fingerprint density at radius 3 is 2.77 bits per heavy atom. The first kappa shape index (κ1) is 20.2. The minimum absolute atomic E-state index is 0.0537. The summed E-state index contributed by atoms with van der Waals surface area (Å²) in [6.07, 6.45) is 2.04. The van der Waals surface area contributed by atoms with Crippen molar-refractivity contribution >= 4 is 23.2 Å². The molecule has 0 fully saturated rings. The van der Waals surface area contributed by atoms with Crippen LogP contribution < -0.4 is 4.74 Å². The van der Waals surface area contributed by atoms with Crippen LogP contribution in [0.2, 0.25) is 0 Å². The number of ether oxygens (including phenoxy) is 1. The Morgan fingerprint density at radius 1 is 1.17 bits per heavy atom. The highest BCUT2D eigenvalue weighted by atomic mass is 32.1. The highest BCUT2D eigenvalue weighted by Gasteiger charge is 2.33. The number of carbonyl (C=O) groups excluding carboxylic acids is 2. The molecule has 0 aliphatic carbocycles. The Hall–Kier alpha value is -3.06. The van der Waals surface area contributed by atoms with Crippen LogP contribution in [-0.4, -0.2) is 52.9 Å². The Kier molecular flexibility index (Phi) is 5.90. The van der Waals surface area contributed by atoms with E-state index in [1.807, 2.05) is 59.8 Å². The van der Waals surface area contributed by atoms with Crippen molar-refractivity contribution in [3.63, 3.8) is 0 Å². The second kappa shape index (κ2) is 8.75. The predicted molar refractivity (Wildman–Crippen MR) is 117 cm³/mol. The fraction of sp³-hybridized carbons (Fsp3) is 0.304. The lowest BCUT2D eigenvalue weighted by molar-refractivity contribution is -0.134. The molecule has 0 spiro atoms. The average Bonchev–Trinajstić information content (AvgIpc) is 3.48. The summed E-state index contributed by atoms with van der Waals surface area (Å²) in [7, 11) is 1.64. The summed E-state index contributed by atoms with van der Waals surface area (Å²) in [5.41, 5.74) is 2.06. The maximum absolute atomic E-state index is 13.4. The highest BCUT2D eigenvalue weighted by molar-refractivity contribution is 7.12. The SMILES string of the molecule is CCN(CC(=O)N1CCn2cccc2C1c1cccc(OC)c1)C(=O)c1cccs1. The van der Waals surface area contributed by atoms with Gasteiger partial charge in [-0.15, -0.1) is 11.3 Å². The number of aromatic nitrogens is 1. The first-order valence-electron chi connectivity index (χ1n) is 10.0. The molecule has 2 aromatic heterocycles. The third-order valence-corrected chi connectivity index (χ3v) is 6.35. The van der Waals surface area contributed by atoms with Gasteiger partial charge >= 0.3 is 0 Å². The largest absolute Gasteiger partial charge is 0.497 e. The van der Waals surface area contributed by atoms with Crippen molar-refractivity contribution in [3.05, 3.63) is 76.2 Å². The molecule has 2 amide bonds. The summed E-state index contributed by atoms with van der Waals surface area (Å²) in [4.78, 5) is 30.4. The lowest BCUT2D eigenvalue weighted by Gasteiger charge is -2.38. The molecule has 6 nitrogen and oxygen atoms in total. The van der Waals surface area contributed by atoms with Gasteiger partial charge in [0, 0.05) is 31.5 Å². The maximum Gasteiger partial charge on any atom is 0.264 e. The van der Waals surface area contributed by atoms with Crippen LogP contribution in [-0.2, 0) is 11.3 Å². The normalized spacial score (nSPS) is 15.5. The molecule has 1 unspecified atom stereocenters. The van der Waals surface area contributed by atoms with E-state index in [0.29, 0.717) is 18.0 Å². The van der Waals surface area contributed by atoms with Crippen LogP contribution in [0.25, 0.3) is 0 Å². The monoisotopic (exact) mass is 423 g/mol. The number of fused-ring (bicyclic) bond motifs is 1. The van der Waals surface area contributed by atoms with Crippen LogP contribution in [0.15, 0.2) is 60.1 Å². The molecule has 0 saturated carbocycles. The summed E-state index contributed by atoms with van der Waals surface area (Å²) < 4.78 is 7.59. The number of amides is 2. The van der Waals surface area contributed by atoms with Crippen LogP contribution >= 0.6 is 11.3 Å². The van der Waals surface area contributed by atoms with Crippen LogP contribution in [0.3, 0.4) is 0 Å². The summed E-state index contributed by atoms with van der Waals surface area (Å²) in [5, 5.41) is 1.88. The van der Waals surface area contributed by atoms with Gasteiger partial charge < -0.3 is 19.1 Å². The van der Waals surface area contributed by atoms with E-state index in [1.54, 1.807) is 18.1 Å². The van der Waals surface area contributed by atoms with Crippen molar-refractivity contribution in [2.45, 2.75) is 19.5 Å². The number of nitrogens with zero attached hydrogens (tertiary/aromatic N) is 3. The minimum atomic E-state index is -0.216. The van der Waals surface area contributed by atoms with Crippen LogP contribution in [0.5, 0.6) is 5.75 Å². The molecule has 1 aliphatic rings. The Labute approximate surface area is 180 Å². The number of benzene rings is 1. The van der Waals surface area contributed by atoms with E-state index < -0.39 is 0 Å². The molecule has 0 radical (unpaired) electrons. The number of hydrogen-bond donors (Lipinski definition) is 0. The molecule has 0 N–H and O–H groups in total. The molecule has 1 aromatic carbocycles. The Morgan fingerprint density at radius 2 is 2.03 bits per heavy atom. The highest BCUT2D eigenvalue weighted by Crippen LogP contribution is 2.34. The fourth-order valence-electron chi connectivity index (χ4n) is 3.95. The van der Waals surface area contributed by atoms with Gasteiger partial charge in [-0.05, 0) is 48.2 Å². The lowest BCUT2D eigenvalue weighted by Crippen LogP contribution is -2.47. The summed E-state index contributed by atoms with van der Waals surface area (Å²) in [6.45, 7) is 3.78. The van der Waals surface area contributed by atoms with Crippen molar-refractivity contribution in [3.8, 4) is 5.75 Å². The van der Waals surface area contributed by atoms with Crippen LogP contribution in [0.4, 0.5) is 0 Å². The quantitative estimate of drug-likeness (QED) is 0.608. The second-order valence-electron chi connectivity index (χ2n) is 7.19. The zero-order valence-corrected chi connectivity index (χ0v) is 18.0. The van der Waals surface area contributed by atoms with Crippen LogP contribution in [0, 0.1) is 0 Å². The average molecular weight is 424 g/mol. The van der Waals surface area contributed by atoms with Crippen molar-refractivity contribution in [1.29, 1.82) is 0 Å². The number of hydrogen-bond acceptors (Lipinski definition) is 4. The van der Waals surface area contributed by atoms with E-state index in [-0.39, 0.29) is 24.4 Å². The number of carbonyl (C=O) groups is 2. The van der Waals surface area contributed by atoms with Gasteiger partial charge in [0.2, 0.25) is 5.91 Å². The molecular weight excluding hydrogens is 398 g/mol. The first-order valence-corrected chi connectivity index (χ1v) is 10.9. The standard InChI is InChI=1S/C23H25N3O3S/c1-3-24(23(28)20-10-6-14-30-20)16-21(27)26-13-12-25-11-5-9-19(25)22(26)17-7-4-8-18(15-17)29-2/h4-11,14-15,22H,3,12-13,16H2,1-2H3. The van der Waals surface area contributed by atoms with Crippen molar-refractivity contribution in [2.24, 2.45) is 0 Å². The molecule has 3 heterocycles. The van der Waals surface area contributed by atoms with Gasteiger partial charge in [0.25, 0.3) is 5.91 Å². The first-order chi connectivity index (χ1) is 14.6. The maximum atomic E-state index is 13.4. The topological polar surface area (TPSA) is 54.8 Å². The third-order valence-electron chi connectivity index (χ3n) is 5.50. The fourth-order valence-corrected chi connectivity index (χ4v) is 4.64. The molecule has 1 atom stereocenters. The Bertz CT molecular complexity index is 1030. The van der Waals surface area contributed by atoms with E-state index in [1.165, 1.54) is 11.3 Å². The molecule has 0 bridgehead atoms. The van der Waals surface area contributed by atoms with Gasteiger partial charge in [-0.3, -0.25) is 9.59 Å². The van der Waals surface area contributed by atoms with Gasteiger partial charge in [0.1, 0.15) is 12.3 Å². The molecule has 0 saturated heterocycles. The molecule has 7 heteroatoms.